The van der Waals surface area contributed by atoms with E-state index in [1.165, 1.54) is 25.6 Å². The lowest BCUT2D eigenvalue weighted by molar-refractivity contribution is -0.149. The highest BCUT2D eigenvalue weighted by Crippen LogP contribution is 2.37. The number of amides is 7. The third-order valence-electron chi connectivity index (χ3n) is 22.5. The highest BCUT2D eigenvalue weighted by Gasteiger charge is 2.49. The zero-order chi connectivity index (χ0) is 79.0. The largest absolute Gasteiger partial charge is 0.394 e. The van der Waals surface area contributed by atoms with Crippen LogP contribution in [0, 0.1) is 41.4 Å². The molecule has 7 N–H and O–H groups in total. The Bertz CT molecular complexity index is 3190. The number of carbonyl (C=O) groups is 8. The number of aliphatic hydroxyl groups is 3. The number of aliphatic hydroxyl groups excluding tert-OH is 3. The number of aromatic nitrogens is 1. The van der Waals surface area contributed by atoms with E-state index in [0.29, 0.717) is 44.2 Å². The summed E-state index contributed by atoms with van der Waals surface area (Å²) in [6.07, 6.45) is 0.617. The number of carbonyl (C=O) groups excluding carboxylic acids is 8. The van der Waals surface area contributed by atoms with Crippen molar-refractivity contribution in [3.8, 4) is 0 Å². The molecular weight excluding hydrogens is 1370 g/mol. The summed E-state index contributed by atoms with van der Waals surface area (Å²) in [7, 11) is 14.8. The summed E-state index contributed by atoms with van der Waals surface area (Å²) in [6.45, 7) is 20.2. The predicted molar refractivity (Wildman–Crippen MR) is 410 cm³/mol. The minimum atomic E-state index is -1.42. The highest BCUT2D eigenvalue weighted by atomic mass is 32.1. The Morgan fingerprint density at radius 3 is 1.75 bits per heavy atom. The van der Waals surface area contributed by atoms with Crippen LogP contribution in [0.3, 0.4) is 0 Å². The number of hydrogen-bond acceptors (Lipinski definition) is 20. The lowest BCUT2D eigenvalue weighted by atomic mass is 9.84. The summed E-state index contributed by atoms with van der Waals surface area (Å²) < 4.78 is 26.2. The number of methoxy groups -OCH3 is 3. The maximum Gasteiger partial charge on any atom is 0.245 e. The van der Waals surface area contributed by atoms with E-state index in [-0.39, 0.29) is 80.3 Å². The van der Waals surface area contributed by atoms with Crippen LogP contribution < -0.4 is 21.3 Å². The second-order valence-corrected chi connectivity index (χ2v) is 31.7. The van der Waals surface area contributed by atoms with Crippen LogP contribution in [0.25, 0.3) is 0 Å². The van der Waals surface area contributed by atoms with Crippen molar-refractivity contribution in [1.29, 1.82) is 0 Å². The number of likely N-dealkylation sites (tertiary alicyclic amines) is 2. The molecule has 106 heavy (non-hydrogen) atoms. The van der Waals surface area contributed by atoms with Gasteiger partial charge in [0.25, 0.3) is 0 Å². The first-order valence-corrected chi connectivity index (χ1v) is 38.8. The number of nitrogens with one attached hydrogen (secondary N) is 4. The van der Waals surface area contributed by atoms with Crippen LogP contribution in [0.15, 0.2) is 72.2 Å². The topological polar surface area (TPSA) is 315 Å². The lowest BCUT2D eigenvalue weighted by Crippen LogP contribution is -2.65. The predicted octanol–water partition coefficient (Wildman–Crippen LogP) is 5.39. The summed E-state index contributed by atoms with van der Waals surface area (Å²) >= 11 is 1.43. The molecule has 0 aliphatic carbocycles. The molecule has 1 aromatic heterocycles. The van der Waals surface area contributed by atoms with Gasteiger partial charge in [-0.05, 0) is 103 Å². The number of benzene rings is 2. The van der Waals surface area contributed by atoms with Gasteiger partial charge in [-0.2, -0.15) is 0 Å². The Kier molecular flexibility index (Phi) is 36.7. The molecule has 2 aromatic carbocycles. The molecular formula is C79H129N11O15S. The Morgan fingerprint density at radius 2 is 1.24 bits per heavy atom. The Hall–Kier alpha value is -6.37. The molecule has 0 radical (unpaired) electrons. The Balaban J connectivity index is 1.57. The summed E-state index contributed by atoms with van der Waals surface area (Å²) in [5, 5.41) is 46.7. The van der Waals surface area contributed by atoms with Gasteiger partial charge in [-0.25, -0.2) is 4.98 Å². The fraction of sp³-hybridized carbons (Fsp3) is 0.709. The smallest absolute Gasteiger partial charge is 0.245 e. The summed E-state index contributed by atoms with van der Waals surface area (Å²) in [4.78, 5) is 131. The Morgan fingerprint density at radius 1 is 0.689 bits per heavy atom. The maximum atomic E-state index is 15.8. The van der Waals surface area contributed by atoms with Crippen molar-refractivity contribution in [1.82, 2.24) is 55.7 Å². The zero-order valence-corrected chi connectivity index (χ0v) is 67.6. The van der Waals surface area contributed by atoms with E-state index in [2.05, 4.69) is 26.3 Å². The van der Waals surface area contributed by atoms with Crippen LogP contribution in [0.4, 0.5) is 0 Å². The average Bonchev–Trinajstić information content (AvgIpc) is 1.55. The van der Waals surface area contributed by atoms with E-state index in [0.717, 1.165) is 16.9 Å². The van der Waals surface area contributed by atoms with Crippen LogP contribution >= 0.6 is 11.3 Å². The number of aldehydes is 1. The van der Waals surface area contributed by atoms with Gasteiger partial charge in [0.2, 0.25) is 41.4 Å². The lowest BCUT2D eigenvalue weighted by Gasteiger charge is -2.44. The SMILES string of the molecule is CC[C@H](C)[C@@H]([C@@H](CC(=O)N1CC(CO[C@H]([C@@H](C)C(=O)N[C@H](C)[C@@H](O)c2ccccc2)[C@@H]2CCCN2C(=O)C[C@@H](OC)[C@H]([C@@H](C)CC)N(C)C(=O)[C@@H](NC(=O)[C@H](CO)N(C)C)C(C)C)C[C@H]1[C@H](OC)[C@@H](C)C(=O)N[C@@H](Cc1ccccc1)c1nccs1)OC)N(C)CC(C=O)(NC(=O)[C@H](CO)N(C)C)C(C)C. The van der Waals surface area contributed by atoms with Crippen LogP contribution in [0.5, 0.6) is 0 Å². The second-order valence-electron chi connectivity index (χ2n) is 30.8. The Labute approximate surface area is 635 Å². The molecule has 20 atom stereocenters. The van der Waals surface area contributed by atoms with Crippen LogP contribution in [0.1, 0.15) is 149 Å². The molecule has 596 valence electrons. The van der Waals surface area contributed by atoms with Gasteiger partial charge in [-0.15, -0.1) is 11.3 Å². The van der Waals surface area contributed by atoms with Crippen LogP contribution in [0.2, 0.25) is 0 Å². The minimum Gasteiger partial charge on any atom is -0.394 e. The molecule has 0 bridgehead atoms. The minimum absolute atomic E-state index is 0.0139. The number of ether oxygens (including phenoxy) is 4. The van der Waals surface area contributed by atoms with Gasteiger partial charge >= 0.3 is 0 Å². The second kappa shape index (κ2) is 43.1. The molecule has 26 nitrogen and oxygen atoms in total. The van der Waals surface area contributed by atoms with E-state index < -0.39 is 145 Å². The molecule has 3 heterocycles. The van der Waals surface area contributed by atoms with Crippen molar-refractivity contribution in [3.63, 3.8) is 0 Å². The van der Waals surface area contributed by atoms with Gasteiger partial charge in [0.15, 0.2) is 0 Å². The number of rotatable bonds is 45. The van der Waals surface area contributed by atoms with Crippen LogP contribution in [-0.4, -0.2) is 279 Å². The number of nitrogens with zero attached hydrogens (tertiary/aromatic N) is 7. The van der Waals surface area contributed by atoms with E-state index >= 15 is 9.59 Å². The first-order valence-electron chi connectivity index (χ1n) is 37.9. The fourth-order valence-electron chi connectivity index (χ4n) is 15.4. The molecule has 2 unspecified atom stereocenters. The molecule has 2 aliphatic rings. The normalized spacial score (nSPS) is 20.8. The fourth-order valence-corrected chi connectivity index (χ4v) is 16.1. The van der Waals surface area contributed by atoms with Crippen molar-refractivity contribution in [2.75, 3.05) is 103 Å². The molecule has 3 aromatic rings. The quantitative estimate of drug-likeness (QED) is 0.0349. The average molecular weight is 1510 g/mol. The highest BCUT2D eigenvalue weighted by molar-refractivity contribution is 7.09. The van der Waals surface area contributed by atoms with Gasteiger partial charge in [0, 0.05) is 71.5 Å². The van der Waals surface area contributed by atoms with Crippen LogP contribution in [-0.2, 0) is 63.7 Å². The van der Waals surface area contributed by atoms with E-state index in [1.807, 2.05) is 121 Å². The van der Waals surface area contributed by atoms with Crippen molar-refractivity contribution < 1.29 is 72.6 Å². The van der Waals surface area contributed by atoms with Gasteiger partial charge in [0.1, 0.15) is 35.0 Å². The molecule has 2 saturated heterocycles. The first kappa shape index (κ1) is 90.2. The summed E-state index contributed by atoms with van der Waals surface area (Å²) in [6, 6.07) is 12.2. The number of likely N-dealkylation sites (N-methyl/N-ethyl adjacent to an activating group) is 4. The molecule has 2 fully saturated rings. The van der Waals surface area contributed by atoms with Crippen molar-refractivity contribution in [2.24, 2.45) is 41.4 Å². The molecule has 0 saturated carbocycles. The van der Waals surface area contributed by atoms with Gasteiger partial charge < -0.3 is 75.0 Å². The zero-order valence-electron chi connectivity index (χ0n) is 66.8. The first-order chi connectivity index (χ1) is 50.2. The third-order valence-corrected chi connectivity index (χ3v) is 23.4. The van der Waals surface area contributed by atoms with Crippen molar-refractivity contribution >= 4 is 59.0 Å². The monoisotopic (exact) mass is 1500 g/mol. The summed E-state index contributed by atoms with van der Waals surface area (Å²) in [5.74, 6) is -6.06. The maximum absolute atomic E-state index is 15.8. The third kappa shape index (κ3) is 23.6. The van der Waals surface area contributed by atoms with E-state index in [1.54, 1.807) is 106 Å². The number of thiazole rings is 1. The molecule has 2 aliphatic heterocycles. The van der Waals surface area contributed by atoms with Gasteiger partial charge in [-0.3, -0.25) is 48.3 Å². The molecule has 27 heteroatoms. The van der Waals surface area contributed by atoms with E-state index in [4.69, 9.17) is 18.9 Å². The van der Waals surface area contributed by atoms with Crippen molar-refractivity contribution in [2.45, 2.75) is 218 Å². The molecule has 5 rings (SSSR count). The van der Waals surface area contributed by atoms with Gasteiger partial charge in [-0.1, -0.05) is 143 Å². The van der Waals surface area contributed by atoms with Crippen molar-refractivity contribution in [3.05, 3.63) is 88.4 Å². The van der Waals surface area contributed by atoms with Gasteiger partial charge in [0.05, 0.1) is 105 Å². The standard InChI is InChI=1S/C79H129N11O15S/c1-21-50(7)68(87(16)46-79(47-93,49(5)6)84-76(100)62(44-92)86(14)15)63(102-18)40-66(95)90-42-56(39-60(90)71(104-20)52(9)74(98)82-58(77-80-35-37-106-77)38-55-30-25-23-26-31-55)45-105-72(53(10)73(97)81-54(11)70(96)57-32-27-24-28-33-57)59-34-29-36-89(59)65(94)41-64(103-19)69(51(8)22-2)88(17)78(101)67(48(3)4)83-75(99)61(43-91)85(12)13/h23-28,30-33,35,37,47-54,56,58-64,67-72,91-92,96H,21-22,29,34,36,38-46H2,1-20H3,(H,81,97)(H,82,98)(H,83,99)(H,84,100)/t50-,51-,52+,53+,54+,56?,58-,59-,60-,61-,62-,63+,64+,67-,68-,69-,70+,71+,72+,79?/m0/s1. The van der Waals surface area contributed by atoms with E-state index in [9.17, 15) is 44.1 Å². The molecule has 7 amide bonds. The number of hydrogen-bond donors (Lipinski definition) is 7. The summed E-state index contributed by atoms with van der Waals surface area (Å²) in [5.41, 5.74) is 0.182. The molecule has 0 spiro atoms.